The zero-order valence-electron chi connectivity index (χ0n) is 11.3. The minimum Gasteiger partial charge on any atom is -0.306 e. The van der Waals surface area contributed by atoms with E-state index >= 15 is 0 Å². The van der Waals surface area contributed by atoms with Crippen LogP contribution in [0.4, 0.5) is 0 Å². The maximum absolute atomic E-state index is 6.50. The molecular weight excluding hydrogens is 422 g/mol. The van der Waals surface area contributed by atoms with Crippen LogP contribution in [0.15, 0.2) is 32.5 Å². The van der Waals surface area contributed by atoms with Gasteiger partial charge in [0.05, 0.1) is 9.83 Å². The largest absolute Gasteiger partial charge is 0.306 e. The van der Waals surface area contributed by atoms with Crippen molar-refractivity contribution in [2.75, 3.05) is 6.54 Å². The van der Waals surface area contributed by atoms with Crippen molar-refractivity contribution < 1.29 is 0 Å². The molecule has 0 amide bonds. The van der Waals surface area contributed by atoms with Gasteiger partial charge in [-0.25, -0.2) is 0 Å². The molecule has 1 unspecified atom stereocenters. The molecule has 0 bridgehead atoms. The summed E-state index contributed by atoms with van der Waals surface area (Å²) in [6.07, 6.45) is 1.09. The molecule has 1 aromatic heterocycles. The van der Waals surface area contributed by atoms with Gasteiger partial charge in [0.2, 0.25) is 0 Å². The number of thiophene rings is 1. The molecule has 1 aromatic carbocycles. The molecule has 0 radical (unpaired) electrons. The van der Waals surface area contributed by atoms with Gasteiger partial charge in [0.25, 0.3) is 0 Å². The molecule has 0 saturated heterocycles. The third-order valence-corrected chi connectivity index (χ3v) is 6.92. The summed E-state index contributed by atoms with van der Waals surface area (Å²) in [6, 6.07) is 8.50. The molecular formula is C15H16Br2ClNS. The van der Waals surface area contributed by atoms with Crippen LogP contribution in [0.1, 0.15) is 35.4 Å². The summed E-state index contributed by atoms with van der Waals surface area (Å²) in [4.78, 5) is 1.25. The van der Waals surface area contributed by atoms with Gasteiger partial charge in [-0.2, -0.15) is 0 Å². The Kier molecular flexibility index (Phi) is 6.11. The van der Waals surface area contributed by atoms with E-state index in [1.54, 1.807) is 11.3 Å². The Morgan fingerprint density at radius 2 is 2.10 bits per heavy atom. The van der Waals surface area contributed by atoms with Gasteiger partial charge in [0, 0.05) is 14.4 Å². The zero-order valence-corrected chi connectivity index (χ0v) is 16.1. The third kappa shape index (κ3) is 3.66. The van der Waals surface area contributed by atoms with E-state index in [4.69, 9.17) is 11.6 Å². The second kappa shape index (κ2) is 7.41. The number of hydrogen-bond acceptors (Lipinski definition) is 2. The van der Waals surface area contributed by atoms with E-state index in [-0.39, 0.29) is 6.04 Å². The van der Waals surface area contributed by atoms with E-state index in [9.17, 15) is 0 Å². The average molecular weight is 438 g/mol. The summed E-state index contributed by atoms with van der Waals surface area (Å²) in [5.41, 5.74) is 2.25. The Balaban J connectivity index is 2.44. The summed E-state index contributed by atoms with van der Waals surface area (Å²) in [7, 11) is 0. The van der Waals surface area contributed by atoms with Gasteiger partial charge >= 0.3 is 0 Å². The van der Waals surface area contributed by atoms with E-state index in [0.717, 1.165) is 37.4 Å². The zero-order chi connectivity index (χ0) is 14.7. The average Bonchev–Trinajstić information content (AvgIpc) is 2.74. The Morgan fingerprint density at radius 3 is 2.70 bits per heavy atom. The van der Waals surface area contributed by atoms with Gasteiger partial charge in [0.15, 0.2) is 0 Å². The van der Waals surface area contributed by atoms with Crippen molar-refractivity contribution in [3.8, 4) is 0 Å². The third-order valence-electron chi connectivity index (χ3n) is 3.08. The van der Waals surface area contributed by atoms with Gasteiger partial charge in [0.1, 0.15) is 0 Å². The number of hydrogen-bond donors (Lipinski definition) is 1. The molecule has 1 atom stereocenters. The van der Waals surface area contributed by atoms with Crippen molar-refractivity contribution in [3.05, 3.63) is 53.6 Å². The molecule has 0 aliphatic carbocycles. The molecule has 0 aliphatic rings. The summed E-state index contributed by atoms with van der Waals surface area (Å²) < 4.78 is 2.20. The second-order valence-corrected chi connectivity index (χ2v) is 8.27. The maximum Gasteiger partial charge on any atom is 0.0843 e. The van der Waals surface area contributed by atoms with Crippen molar-refractivity contribution in [2.45, 2.75) is 26.3 Å². The molecule has 1 nitrogen and oxygen atoms in total. The topological polar surface area (TPSA) is 12.0 Å². The Labute approximate surface area is 146 Å². The molecule has 1 heterocycles. The Morgan fingerprint density at radius 1 is 1.35 bits per heavy atom. The summed E-state index contributed by atoms with van der Waals surface area (Å²) in [6.45, 7) is 5.17. The summed E-state index contributed by atoms with van der Waals surface area (Å²) >= 11 is 15.4. The van der Waals surface area contributed by atoms with Crippen LogP contribution in [0.3, 0.4) is 0 Å². The molecule has 2 rings (SSSR count). The lowest BCUT2D eigenvalue weighted by molar-refractivity contribution is 0.605. The summed E-state index contributed by atoms with van der Waals surface area (Å²) in [5, 5.41) is 4.44. The van der Waals surface area contributed by atoms with E-state index in [0.29, 0.717) is 0 Å². The maximum atomic E-state index is 6.50. The van der Waals surface area contributed by atoms with Crippen molar-refractivity contribution in [3.63, 3.8) is 0 Å². The fourth-order valence-electron chi connectivity index (χ4n) is 2.05. The normalized spacial score (nSPS) is 12.7. The molecule has 1 N–H and O–H groups in total. The molecule has 5 heteroatoms. The molecule has 0 spiro atoms. The molecule has 0 saturated carbocycles. The minimum absolute atomic E-state index is 0.134. The number of halogens is 3. The predicted molar refractivity (Wildman–Crippen MR) is 96.0 cm³/mol. The van der Waals surface area contributed by atoms with Crippen LogP contribution in [0.5, 0.6) is 0 Å². The fourth-order valence-corrected chi connectivity index (χ4v) is 4.47. The molecule has 108 valence electrons. The Hall–Kier alpha value is 0.130. The van der Waals surface area contributed by atoms with Crippen molar-refractivity contribution in [2.24, 2.45) is 0 Å². The van der Waals surface area contributed by atoms with E-state index < -0.39 is 0 Å². The highest BCUT2D eigenvalue weighted by Crippen LogP contribution is 2.39. The van der Waals surface area contributed by atoms with Crippen LogP contribution >= 0.6 is 54.8 Å². The van der Waals surface area contributed by atoms with E-state index in [1.165, 1.54) is 4.88 Å². The standard InChI is InChI=1S/C15H16Br2ClNS/c1-3-7-19-14(12-8-11(16)15(17)20-12)10-6-4-5-9(2)13(10)18/h4-6,8,14,19H,3,7H2,1-2H3. The summed E-state index contributed by atoms with van der Waals surface area (Å²) in [5.74, 6) is 0. The molecule has 20 heavy (non-hydrogen) atoms. The minimum atomic E-state index is 0.134. The van der Waals surface area contributed by atoms with Crippen molar-refractivity contribution >= 4 is 54.8 Å². The van der Waals surface area contributed by atoms with Crippen LogP contribution < -0.4 is 5.32 Å². The highest BCUT2D eigenvalue weighted by molar-refractivity contribution is 9.13. The molecule has 0 aliphatic heterocycles. The fraction of sp³-hybridized carbons (Fsp3) is 0.333. The number of rotatable bonds is 5. The van der Waals surface area contributed by atoms with E-state index in [2.05, 4.69) is 62.3 Å². The first-order valence-electron chi connectivity index (χ1n) is 6.47. The van der Waals surface area contributed by atoms with Gasteiger partial charge in [-0.3, -0.25) is 0 Å². The SMILES string of the molecule is CCCNC(c1cc(Br)c(Br)s1)c1cccc(C)c1Cl. The molecule has 0 fully saturated rings. The van der Waals surface area contributed by atoms with Crippen LogP contribution in [0.2, 0.25) is 5.02 Å². The van der Waals surface area contributed by atoms with Crippen molar-refractivity contribution in [1.29, 1.82) is 0 Å². The first kappa shape index (κ1) is 16.5. The number of nitrogens with one attached hydrogen (secondary N) is 1. The molecule has 2 aromatic rings. The second-order valence-electron chi connectivity index (χ2n) is 4.64. The first-order valence-corrected chi connectivity index (χ1v) is 9.25. The van der Waals surface area contributed by atoms with Crippen molar-refractivity contribution in [1.82, 2.24) is 5.32 Å². The lowest BCUT2D eigenvalue weighted by atomic mass is 10.0. The van der Waals surface area contributed by atoms with Gasteiger partial charge < -0.3 is 5.32 Å². The lowest BCUT2D eigenvalue weighted by Crippen LogP contribution is -2.22. The van der Waals surface area contributed by atoms with Crippen LogP contribution in [-0.4, -0.2) is 6.54 Å². The quantitative estimate of drug-likeness (QED) is 0.577. The highest BCUT2D eigenvalue weighted by Gasteiger charge is 2.20. The smallest absolute Gasteiger partial charge is 0.0843 e. The van der Waals surface area contributed by atoms with E-state index in [1.807, 2.05) is 13.0 Å². The number of benzene rings is 1. The van der Waals surface area contributed by atoms with Crippen LogP contribution in [-0.2, 0) is 0 Å². The van der Waals surface area contributed by atoms with Crippen LogP contribution in [0.25, 0.3) is 0 Å². The monoisotopic (exact) mass is 435 g/mol. The van der Waals surface area contributed by atoms with Crippen LogP contribution in [0, 0.1) is 6.92 Å². The predicted octanol–water partition coefficient (Wildman–Crippen LogP) is 6.32. The number of aryl methyl sites for hydroxylation is 1. The van der Waals surface area contributed by atoms with Gasteiger partial charge in [-0.15, -0.1) is 11.3 Å². The first-order chi connectivity index (χ1) is 9.54. The Bertz CT molecular complexity index is 578. The van der Waals surface area contributed by atoms with Gasteiger partial charge in [-0.1, -0.05) is 36.7 Å². The highest BCUT2D eigenvalue weighted by atomic mass is 79.9. The van der Waals surface area contributed by atoms with Gasteiger partial charge in [-0.05, 0) is 68.9 Å². The lowest BCUT2D eigenvalue weighted by Gasteiger charge is -2.19.